The topological polar surface area (TPSA) is 92.5 Å². The van der Waals surface area contributed by atoms with Gasteiger partial charge in [0, 0.05) is 22.8 Å². The summed E-state index contributed by atoms with van der Waals surface area (Å²) in [5, 5.41) is 4.33. The number of nitrogens with zero attached hydrogens (tertiary/aromatic N) is 1. The Morgan fingerprint density at radius 3 is 2.81 bits per heavy atom. The molecule has 1 aromatic heterocycles. The predicted molar refractivity (Wildman–Crippen MR) is 105 cm³/mol. The lowest BCUT2D eigenvalue weighted by Crippen LogP contribution is -2.03. The Balaban J connectivity index is 1.67. The van der Waals surface area contributed by atoms with E-state index in [1.807, 2.05) is 18.3 Å². The lowest BCUT2D eigenvalue weighted by molar-refractivity contribution is 0.0526. The number of aromatic amines is 1. The summed E-state index contributed by atoms with van der Waals surface area (Å²) >= 11 is 0. The van der Waals surface area contributed by atoms with Crippen molar-refractivity contribution < 1.29 is 9.53 Å². The predicted octanol–water partition coefficient (Wildman–Crippen LogP) is 3.62. The third-order valence-corrected chi connectivity index (χ3v) is 4.00. The molecule has 0 saturated heterocycles. The molecule has 6 heteroatoms. The highest BCUT2D eigenvalue weighted by molar-refractivity contribution is 5.91. The van der Waals surface area contributed by atoms with E-state index in [0.717, 1.165) is 28.7 Å². The van der Waals surface area contributed by atoms with Gasteiger partial charge in [0.05, 0.1) is 24.2 Å². The number of carbonyl (C=O) groups excluding carboxylic acids is 1. The van der Waals surface area contributed by atoms with Crippen LogP contribution >= 0.6 is 0 Å². The van der Waals surface area contributed by atoms with Crippen molar-refractivity contribution in [2.24, 2.45) is 10.7 Å². The molecule has 0 atom stereocenters. The van der Waals surface area contributed by atoms with Crippen molar-refractivity contribution in [2.75, 3.05) is 18.5 Å². The number of fused-ring (bicyclic) bond motifs is 1. The highest BCUT2D eigenvalue weighted by Gasteiger charge is 2.05. The van der Waals surface area contributed by atoms with Crippen LogP contribution in [0.3, 0.4) is 0 Å². The number of aliphatic imine (C=N–C) groups is 1. The maximum Gasteiger partial charge on any atom is 0.338 e. The second kappa shape index (κ2) is 8.31. The van der Waals surface area contributed by atoms with Crippen LogP contribution in [0.5, 0.6) is 0 Å². The van der Waals surface area contributed by atoms with Crippen molar-refractivity contribution in [1.82, 2.24) is 4.98 Å². The van der Waals surface area contributed by atoms with Crippen LogP contribution < -0.4 is 11.1 Å². The second-order valence-electron chi connectivity index (χ2n) is 5.78. The Morgan fingerprint density at radius 1 is 1.27 bits per heavy atom. The van der Waals surface area contributed by atoms with Crippen LogP contribution in [-0.4, -0.2) is 30.4 Å². The summed E-state index contributed by atoms with van der Waals surface area (Å²) in [6.07, 6.45) is 4.47. The molecule has 0 amide bonds. The SMILES string of the molecule is CCOC(=O)c1ccc(N=CNc2ccc3[nH]cc(CCN)c3c2)cc1. The summed E-state index contributed by atoms with van der Waals surface area (Å²) in [4.78, 5) is 19.2. The molecule has 0 spiro atoms. The minimum absolute atomic E-state index is 0.325. The van der Waals surface area contributed by atoms with E-state index in [9.17, 15) is 4.79 Å². The Hall–Kier alpha value is -3.12. The maximum atomic E-state index is 11.6. The van der Waals surface area contributed by atoms with Gasteiger partial charge in [-0.05, 0) is 67.9 Å². The van der Waals surface area contributed by atoms with Gasteiger partial charge < -0.3 is 20.8 Å². The van der Waals surface area contributed by atoms with Crippen LogP contribution in [-0.2, 0) is 11.2 Å². The molecule has 3 aromatic rings. The van der Waals surface area contributed by atoms with Gasteiger partial charge in [0.15, 0.2) is 0 Å². The third kappa shape index (κ3) is 4.10. The summed E-state index contributed by atoms with van der Waals surface area (Å²) in [5.74, 6) is -0.325. The zero-order valence-corrected chi connectivity index (χ0v) is 14.7. The summed E-state index contributed by atoms with van der Waals surface area (Å²) in [5.41, 5.74) is 10.2. The minimum Gasteiger partial charge on any atom is -0.462 e. The van der Waals surface area contributed by atoms with Crippen LogP contribution in [0, 0.1) is 0 Å². The molecule has 0 unspecified atom stereocenters. The van der Waals surface area contributed by atoms with Crippen molar-refractivity contribution in [2.45, 2.75) is 13.3 Å². The van der Waals surface area contributed by atoms with Crippen molar-refractivity contribution in [3.63, 3.8) is 0 Å². The summed E-state index contributed by atoms with van der Waals surface area (Å²) in [7, 11) is 0. The molecular formula is C20H22N4O2. The van der Waals surface area contributed by atoms with Crippen molar-refractivity contribution in [1.29, 1.82) is 0 Å². The van der Waals surface area contributed by atoms with E-state index in [1.165, 1.54) is 5.56 Å². The zero-order chi connectivity index (χ0) is 18.4. The number of H-pyrrole nitrogens is 1. The number of esters is 1. The van der Waals surface area contributed by atoms with Gasteiger partial charge in [-0.3, -0.25) is 0 Å². The molecular weight excluding hydrogens is 328 g/mol. The molecule has 3 rings (SSSR count). The molecule has 0 aliphatic carbocycles. The quantitative estimate of drug-likeness (QED) is 0.345. The lowest BCUT2D eigenvalue weighted by Gasteiger charge is -2.03. The Labute approximate surface area is 152 Å². The van der Waals surface area contributed by atoms with E-state index in [0.29, 0.717) is 18.7 Å². The van der Waals surface area contributed by atoms with Crippen LogP contribution in [0.1, 0.15) is 22.8 Å². The second-order valence-corrected chi connectivity index (χ2v) is 5.78. The monoisotopic (exact) mass is 350 g/mol. The van der Waals surface area contributed by atoms with Gasteiger partial charge in [0.25, 0.3) is 0 Å². The molecule has 1 heterocycles. The van der Waals surface area contributed by atoms with E-state index in [2.05, 4.69) is 21.4 Å². The molecule has 0 aliphatic rings. The molecule has 26 heavy (non-hydrogen) atoms. The van der Waals surface area contributed by atoms with Gasteiger partial charge in [-0.1, -0.05) is 0 Å². The first-order valence-electron chi connectivity index (χ1n) is 8.57. The van der Waals surface area contributed by atoms with Gasteiger partial charge in [0.2, 0.25) is 0 Å². The van der Waals surface area contributed by atoms with Crippen LogP contribution in [0.2, 0.25) is 0 Å². The van der Waals surface area contributed by atoms with Gasteiger partial charge >= 0.3 is 5.97 Å². The summed E-state index contributed by atoms with van der Waals surface area (Å²) in [6, 6.07) is 13.1. The first-order chi connectivity index (χ1) is 12.7. The van der Waals surface area contributed by atoms with Crippen molar-refractivity contribution in [3.8, 4) is 0 Å². The molecule has 0 bridgehead atoms. The van der Waals surface area contributed by atoms with Crippen LogP contribution in [0.15, 0.2) is 53.7 Å². The van der Waals surface area contributed by atoms with Gasteiger partial charge in [-0.15, -0.1) is 0 Å². The Bertz CT molecular complexity index is 913. The number of ether oxygens (including phenoxy) is 1. The Kier molecular flexibility index (Phi) is 5.66. The van der Waals surface area contributed by atoms with Crippen LogP contribution in [0.4, 0.5) is 11.4 Å². The number of hydrogen-bond donors (Lipinski definition) is 3. The molecule has 4 N–H and O–H groups in total. The normalized spacial score (nSPS) is 11.2. The Morgan fingerprint density at radius 2 is 2.08 bits per heavy atom. The zero-order valence-electron chi connectivity index (χ0n) is 14.7. The minimum atomic E-state index is -0.325. The third-order valence-electron chi connectivity index (χ3n) is 4.00. The fourth-order valence-electron chi connectivity index (χ4n) is 2.71. The maximum absolute atomic E-state index is 11.6. The lowest BCUT2D eigenvalue weighted by atomic mass is 10.1. The van der Waals surface area contributed by atoms with Gasteiger partial charge in [-0.25, -0.2) is 9.79 Å². The van der Waals surface area contributed by atoms with Crippen molar-refractivity contribution >= 4 is 34.6 Å². The van der Waals surface area contributed by atoms with Gasteiger partial charge in [0.1, 0.15) is 0 Å². The van der Waals surface area contributed by atoms with Gasteiger partial charge in [-0.2, -0.15) is 0 Å². The number of hydrogen-bond acceptors (Lipinski definition) is 4. The molecule has 0 aliphatic heterocycles. The van der Waals surface area contributed by atoms with E-state index < -0.39 is 0 Å². The molecule has 134 valence electrons. The summed E-state index contributed by atoms with van der Waals surface area (Å²) < 4.78 is 4.96. The number of nitrogens with two attached hydrogens (primary N) is 1. The van der Waals surface area contributed by atoms with E-state index in [-0.39, 0.29) is 5.97 Å². The number of rotatable bonds is 7. The van der Waals surface area contributed by atoms with E-state index in [4.69, 9.17) is 10.5 Å². The fraction of sp³-hybridized carbons (Fsp3) is 0.200. The molecule has 2 aromatic carbocycles. The summed E-state index contributed by atoms with van der Waals surface area (Å²) in [6.45, 7) is 2.76. The molecule has 0 radical (unpaired) electrons. The first-order valence-corrected chi connectivity index (χ1v) is 8.57. The fourth-order valence-corrected chi connectivity index (χ4v) is 2.71. The smallest absolute Gasteiger partial charge is 0.338 e. The first kappa shape index (κ1) is 17.7. The molecule has 0 fully saturated rings. The average molecular weight is 350 g/mol. The molecule has 6 nitrogen and oxygen atoms in total. The number of aromatic nitrogens is 1. The largest absolute Gasteiger partial charge is 0.462 e. The molecule has 0 saturated carbocycles. The average Bonchev–Trinajstić information content (AvgIpc) is 3.05. The van der Waals surface area contributed by atoms with Crippen LogP contribution in [0.25, 0.3) is 10.9 Å². The number of anilines is 1. The van der Waals surface area contributed by atoms with E-state index in [1.54, 1.807) is 37.5 Å². The number of benzene rings is 2. The van der Waals surface area contributed by atoms with Crippen molar-refractivity contribution in [3.05, 3.63) is 59.8 Å². The number of carbonyl (C=O) groups is 1. The number of nitrogens with one attached hydrogen (secondary N) is 2. The highest BCUT2D eigenvalue weighted by atomic mass is 16.5. The highest BCUT2D eigenvalue weighted by Crippen LogP contribution is 2.22. The standard InChI is InChI=1S/C20H22N4O2/c1-2-26-20(25)14-3-5-16(6-4-14)23-13-24-17-7-8-19-18(11-17)15(9-10-21)12-22-19/h3-8,11-13,22H,2,9-10,21H2,1H3,(H,23,24). The van der Waals surface area contributed by atoms with E-state index >= 15 is 0 Å².